The molecule has 2 N–H and O–H groups in total. The highest BCUT2D eigenvalue weighted by atomic mass is 79.9. The first kappa shape index (κ1) is 13.0. The molecule has 0 unspecified atom stereocenters. The number of nitrogens with two attached hydrogens (primary N) is 1. The van der Waals surface area contributed by atoms with E-state index >= 15 is 0 Å². The largest absolute Gasteiger partial charge is 0.383 e. The highest BCUT2D eigenvalue weighted by molar-refractivity contribution is 9.10. The zero-order valence-electron chi connectivity index (χ0n) is 11.0. The van der Waals surface area contributed by atoms with Gasteiger partial charge in [-0.05, 0) is 66.4 Å². The van der Waals surface area contributed by atoms with Crippen molar-refractivity contribution in [2.75, 3.05) is 5.73 Å². The van der Waals surface area contributed by atoms with Gasteiger partial charge in [0.05, 0.1) is 10.2 Å². The van der Waals surface area contributed by atoms with Crippen molar-refractivity contribution in [2.45, 2.75) is 27.7 Å². The molecule has 0 radical (unpaired) electrons. The van der Waals surface area contributed by atoms with Gasteiger partial charge in [0.2, 0.25) is 0 Å². The first-order chi connectivity index (χ1) is 8.40. The van der Waals surface area contributed by atoms with E-state index in [1.54, 1.807) is 0 Å². The van der Waals surface area contributed by atoms with E-state index in [-0.39, 0.29) is 0 Å². The molecule has 0 aliphatic rings. The summed E-state index contributed by atoms with van der Waals surface area (Å²) in [5, 5.41) is 0. The zero-order chi connectivity index (χ0) is 13.4. The van der Waals surface area contributed by atoms with Crippen molar-refractivity contribution in [1.82, 2.24) is 9.97 Å². The molecule has 94 valence electrons. The van der Waals surface area contributed by atoms with Crippen LogP contribution in [0.4, 0.5) is 5.82 Å². The van der Waals surface area contributed by atoms with E-state index in [0.29, 0.717) is 11.6 Å². The van der Waals surface area contributed by atoms with Crippen LogP contribution in [0.15, 0.2) is 16.6 Å². The highest BCUT2D eigenvalue weighted by Crippen LogP contribution is 2.28. The van der Waals surface area contributed by atoms with Crippen molar-refractivity contribution < 1.29 is 0 Å². The molecule has 2 aromatic rings. The van der Waals surface area contributed by atoms with Gasteiger partial charge in [0.15, 0.2) is 5.82 Å². The van der Waals surface area contributed by atoms with Crippen LogP contribution in [0.5, 0.6) is 0 Å². The molecule has 2 rings (SSSR count). The third-order valence-corrected chi connectivity index (χ3v) is 4.10. The number of nitrogens with zero attached hydrogens (tertiary/aromatic N) is 2. The van der Waals surface area contributed by atoms with Gasteiger partial charge >= 0.3 is 0 Å². The molecule has 0 fully saturated rings. The number of hydrogen-bond donors (Lipinski definition) is 1. The second-order valence-corrected chi connectivity index (χ2v) is 5.38. The van der Waals surface area contributed by atoms with Gasteiger partial charge in [-0.1, -0.05) is 6.07 Å². The van der Waals surface area contributed by atoms with Crippen LogP contribution >= 0.6 is 15.9 Å². The molecule has 4 heteroatoms. The summed E-state index contributed by atoms with van der Waals surface area (Å²) in [4.78, 5) is 8.85. The van der Waals surface area contributed by atoms with Crippen molar-refractivity contribution in [3.8, 4) is 11.4 Å². The molecule has 0 aliphatic heterocycles. The number of anilines is 1. The number of nitrogen functional groups attached to an aromatic ring is 1. The average Bonchev–Trinajstić information content (AvgIpc) is 2.30. The fourth-order valence-electron chi connectivity index (χ4n) is 1.90. The summed E-state index contributed by atoms with van der Waals surface area (Å²) in [7, 11) is 0. The molecule has 0 bridgehead atoms. The lowest BCUT2D eigenvalue weighted by molar-refractivity contribution is 1.09. The van der Waals surface area contributed by atoms with E-state index in [2.05, 4.69) is 58.8 Å². The van der Waals surface area contributed by atoms with Gasteiger partial charge in [-0.2, -0.15) is 0 Å². The maximum atomic E-state index is 5.88. The minimum atomic E-state index is 0.482. The molecule has 1 heterocycles. The van der Waals surface area contributed by atoms with Crippen LogP contribution in [0, 0.1) is 27.7 Å². The van der Waals surface area contributed by atoms with E-state index in [0.717, 1.165) is 15.7 Å². The maximum absolute atomic E-state index is 5.88. The van der Waals surface area contributed by atoms with Crippen LogP contribution in [0.3, 0.4) is 0 Å². The summed E-state index contributed by atoms with van der Waals surface area (Å²) in [6.45, 7) is 8.18. The van der Waals surface area contributed by atoms with Gasteiger partial charge in [-0.15, -0.1) is 0 Å². The molecule has 3 nitrogen and oxygen atoms in total. The Kier molecular flexibility index (Phi) is 3.39. The monoisotopic (exact) mass is 305 g/mol. The lowest BCUT2D eigenvalue weighted by Gasteiger charge is -2.11. The van der Waals surface area contributed by atoms with Crippen LogP contribution < -0.4 is 5.73 Å². The third kappa shape index (κ3) is 2.25. The number of rotatable bonds is 1. The Labute approximate surface area is 116 Å². The third-order valence-electron chi connectivity index (χ3n) is 3.12. The Morgan fingerprint density at radius 2 is 1.56 bits per heavy atom. The number of benzene rings is 1. The summed E-state index contributed by atoms with van der Waals surface area (Å²) < 4.78 is 0.771. The molecule has 0 saturated heterocycles. The van der Waals surface area contributed by atoms with Crippen molar-refractivity contribution in [1.29, 1.82) is 0 Å². The van der Waals surface area contributed by atoms with E-state index in [4.69, 9.17) is 5.73 Å². The summed E-state index contributed by atoms with van der Waals surface area (Å²) in [6.07, 6.45) is 0. The zero-order valence-corrected chi connectivity index (χ0v) is 12.6. The summed E-state index contributed by atoms with van der Waals surface area (Å²) in [5.41, 5.74) is 11.5. The van der Waals surface area contributed by atoms with E-state index in [1.807, 2.05) is 6.92 Å². The van der Waals surface area contributed by atoms with E-state index in [1.165, 1.54) is 16.7 Å². The van der Waals surface area contributed by atoms with Gasteiger partial charge in [0.1, 0.15) is 5.82 Å². The van der Waals surface area contributed by atoms with Gasteiger partial charge in [-0.25, -0.2) is 9.97 Å². The number of halogens is 1. The molecular weight excluding hydrogens is 290 g/mol. The van der Waals surface area contributed by atoms with Crippen molar-refractivity contribution in [3.63, 3.8) is 0 Å². The van der Waals surface area contributed by atoms with Gasteiger partial charge in [0.25, 0.3) is 0 Å². The second-order valence-electron chi connectivity index (χ2n) is 4.58. The molecule has 18 heavy (non-hydrogen) atoms. The first-order valence-electron chi connectivity index (χ1n) is 5.78. The van der Waals surface area contributed by atoms with Crippen LogP contribution in [0.2, 0.25) is 0 Å². The lowest BCUT2D eigenvalue weighted by atomic mass is 10.0. The molecule has 0 aliphatic carbocycles. The Hall–Kier alpha value is -1.42. The number of aromatic nitrogens is 2. The lowest BCUT2D eigenvalue weighted by Crippen LogP contribution is -2.01. The molecule has 1 aromatic heterocycles. The summed E-state index contributed by atoms with van der Waals surface area (Å²) >= 11 is 3.38. The predicted molar refractivity (Wildman–Crippen MR) is 78.5 cm³/mol. The topological polar surface area (TPSA) is 51.8 Å². The predicted octanol–water partition coefficient (Wildman–Crippen LogP) is 3.72. The Morgan fingerprint density at radius 1 is 0.944 bits per heavy atom. The quantitative estimate of drug-likeness (QED) is 0.873. The van der Waals surface area contributed by atoms with Crippen LogP contribution in [0.1, 0.15) is 22.4 Å². The summed E-state index contributed by atoms with van der Waals surface area (Å²) in [5.74, 6) is 1.17. The van der Waals surface area contributed by atoms with Gasteiger partial charge in [0, 0.05) is 5.56 Å². The molecule has 0 amide bonds. The van der Waals surface area contributed by atoms with Gasteiger partial charge < -0.3 is 5.73 Å². The average molecular weight is 306 g/mol. The van der Waals surface area contributed by atoms with Gasteiger partial charge in [-0.3, -0.25) is 0 Å². The minimum absolute atomic E-state index is 0.482. The van der Waals surface area contributed by atoms with Crippen LogP contribution in [0.25, 0.3) is 11.4 Å². The SMILES string of the molecule is Cc1cc(C)c(-c2nc(C)c(Br)c(N)n2)cc1C. The number of hydrogen-bond acceptors (Lipinski definition) is 3. The number of aryl methyl sites for hydroxylation is 4. The molecule has 0 saturated carbocycles. The minimum Gasteiger partial charge on any atom is -0.383 e. The van der Waals surface area contributed by atoms with Crippen LogP contribution in [-0.4, -0.2) is 9.97 Å². The van der Waals surface area contributed by atoms with E-state index < -0.39 is 0 Å². The Bertz CT molecular complexity index is 598. The Morgan fingerprint density at radius 3 is 2.17 bits per heavy atom. The molecule has 0 spiro atoms. The van der Waals surface area contributed by atoms with Crippen molar-refractivity contribution >= 4 is 21.7 Å². The Balaban J connectivity index is 2.66. The summed E-state index contributed by atoms with van der Waals surface area (Å²) in [6, 6.07) is 4.27. The fourth-order valence-corrected chi connectivity index (χ4v) is 2.08. The standard InChI is InChI=1S/C14H16BrN3/c1-7-5-9(3)11(6-8(7)2)14-17-10(4)12(15)13(16)18-14/h5-6H,1-4H3,(H2,16,17,18). The smallest absolute Gasteiger partial charge is 0.162 e. The molecule has 1 aromatic carbocycles. The van der Waals surface area contributed by atoms with Crippen molar-refractivity contribution in [2.24, 2.45) is 0 Å². The molecular formula is C14H16BrN3. The molecule has 0 atom stereocenters. The van der Waals surface area contributed by atoms with E-state index in [9.17, 15) is 0 Å². The fraction of sp³-hybridized carbons (Fsp3) is 0.286. The maximum Gasteiger partial charge on any atom is 0.162 e. The normalized spacial score (nSPS) is 10.7. The first-order valence-corrected chi connectivity index (χ1v) is 6.57. The highest BCUT2D eigenvalue weighted by Gasteiger charge is 2.11. The second kappa shape index (κ2) is 4.69. The van der Waals surface area contributed by atoms with Crippen molar-refractivity contribution in [3.05, 3.63) is 39.0 Å². The van der Waals surface area contributed by atoms with Crippen LogP contribution in [-0.2, 0) is 0 Å².